The molecule has 32 heavy (non-hydrogen) atoms. The molecule has 5 rings (SSSR count). The van der Waals surface area contributed by atoms with Crippen LogP contribution in [0.3, 0.4) is 0 Å². The van der Waals surface area contributed by atoms with E-state index in [2.05, 4.69) is 14.8 Å². The molecule has 0 radical (unpaired) electrons. The molecular formula is C25H27N5O2. The number of methoxy groups -OCH3 is 1. The van der Waals surface area contributed by atoms with E-state index in [9.17, 15) is 4.79 Å². The third-order valence-electron chi connectivity index (χ3n) is 6.42. The second kappa shape index (κ2) is 8.57. The number of anilines is 2. The zero-order valence-electron chi connectivity index (χ0n) is 18.5. The Morgan fingerprint density at radius 1 is 0.938 bits per heavy atom. The SMILES string of the molecule is COc1ccccc1[C@@H]1CC(=O)c2c(C)nc(N3CCN(c4ccccn4)CC3)nc2C1. The molecule has 0 saturated carbocycles. The van der Waals surface area contributed by atoms with Crippen LogP contribution in [0.5, 0.6) is 5.75 Å². The second-order valence-corrected chi connectivity index (χ2v) is 8.36. The lowest BCUT2D eigenvalue weighted by Crippen LogP contribution is -2.47. The predicted octanol–water partition coefficient (Wildman–Crippen LogP) is 3.43. The molecular weight excluding hydrogens is 402 g/mol. The molecule has 1 aliphatic heterocycles. The highest BCUT2D eigenvalue weighted by molar-refractivity contribution is 5.99. The summed E-state index contributed by atoms with van der Waals surface area (Å²) in [6, 6.07) is 13.9. The van der Waals surface area contributed by atoms with Crippen molar-refractivity contribution in [2.24, 2.45) is 0 Å². The third kappa shape index (κ3) is 3.79. The summed E-state index contributed by atoms with van der Waals surface area (Å²) in [5.74, 6) is 2.72. The van der Waals surface area contributed by atoms with Crippen molar-refractivity contribution in [1.29, 1.82) is 0 Å². The maximum absolute atomic E-state index is 13.0. The first-order chi connectivity index (χ1) is 15.6. The molecule has 164 valence electrons. The zero-order chi connectivity index (χ0) is 22.1. The van der Waals surface area contributed by atoms with Gasteiger partial charge in [-0.3, -0.25) is 4.79 Å². The number of fused-ring (bicyclic) bond motifs is 1. The Kier molecular flexibility index (Phi) is 5.47. The summed E-state index contributed by atoms with van der Waals surface area (Å²) >= 11 is 0. The number of Topliss-reactive ketones (excluding diaryl/α,β-unsaturated/α-hetero) is 1. The third-order valence-corrected chi connectivity index (χ3v) is 6.42. The van der Waals surface area contributed by atoms with Gasteiger partial charge in [0.05, 0.1) is 24.1 Å². The zero-order valence-corrected chi connectivity index (χ0v) is 18.5. The van der Waals surface area contributed by atoms with Crippen LogP contribution in [0.25, 0.3) is 0 Å². The van der Waals surface area contributed by atoms with Crippen molar-refractivity contribution in [1.82, 2.24) is 15.0 Å². The summed E-state index contributed by atoms with van der Waals surface area (Å²) in [5, 5.41) is 0. The Hall–Kier alpha value is -3.48. The molecule has 7 nitrogen and oxygen atoms in total. The van der Waals surface area contributed by atoms with Gasteiger partial charge in [0.1, 0.15) is 11.6 Å². The number of rotatable bonds is 4. The second-order valence-electron chi connectivity index (χ2n) is 8.36. The Morgan fingerprint density at radius 2 is 1.69 bits per heavy atom. The molecule has 2 aliphatic rings. The molecule has 2 aromatic heterocycles. The summed E-state index contributed by atoms with van der Waals surface area (Å²) < 4.78 is 5.55. The number of nitrogens with zero attached hydrogens (tertiary/aromatic N) is 5. The lowest BCUT2D eigenvalue weighted by molar-refractivity contribution is 0.0961. The van der Waals surface area contributed by atoms with Crippen molar-refractivity contribution in [2.45, 2.75) is 25.7 Å². The minimum absolute atomic E-state index is 0.0642. The fourth-order valence-electron chi connectivity index (χ4n) is 4.80. The Morgan fingerprint density at radius 3 is 2.44 bits per heavy atom. The molecule has 3 aromatic rings. The van der Waals surface area contributed by atoms with Gasteiger partial charge >= 0.3 is 0 Å². The van der Waals surface area contributed by atoms with Crippen molar-refractivity contribution in [3.8, 4) is 5.75 Å². The molecule has 1 fully saturated rings. The van der Waals surface area contributed by atoms with Gasteiger partial charge in [-0.2, -0.15) is 0 Å². The number of aromatic nitrogens is 3. The van der Waals surface area contributed by atoms with E-state index in [0.29, 0.717) is 18.4 Å². The maximum Gasteiger partial charge on any atom is 0.225 e. The fraction of sp³-hybridized carbons (Fsp3) is 0.360. The van der Waals surface area contributed by atoms with E-state index in [1.54, 1.807) is 7.11 Å². The molecule has 0 unspecified atom stereocenters. The molecule has 1 atom stereocenters. The van der Waals surface area contributed by atoms with E-state index in [1.807, 2.05) is 55.6 Å². The van der Waals surface area contributed by atoms with Crippen molar-refractivity contribution in [2.75, 3.05) is 43.1 Å². The molecule has 1 aromatic carbocycles. The number of ketones is 1. The van der Waals surface area contributed by atoms with Gasteiger partial charge in [0.15, 0.2) is 5.78 Å². The Balaban J connectivity index is 1.38. The topological polar surface area (TPSA) is 71.5 Å². The van der Waals surface area contributed by atoms with E-state index >= 15 is 0 Å². The van der Waals surface area contributed by atoms with E-state index < -0.39 is 0 Å². The number of hydrogen-bond donors (Lipinski definition) is 0. The van der Waals surface area contributed by atoms with E-state index in [0.717, 1.165) is 60.6 Å². The number of aryl methyl sites for hydroxylation is 1. The van der Waals surface area contributed by atoms with Crippen LogP contribution in [0.2, 0.25) is 0 Å². The molecule has 0 spiro atoms. The molecule has 0 bridgehead atoms. The normalized spacial score (nSPS) is 18.4. The van der Waals surface area contributed by atoms with Crippen molar-refractivity contribution < 1.29 is 9.53 Å². The summed E-state index contributed by atoms with van der Waals surface area (Å²) in [5.41, 5.74) is 3.40. The van der Waals surface area contributed by atoms with Crippen LogP contribution in [-0.4, -0.2) is 54.0 Å². The number of para-hydroxylation sites is 1. The first-order valence-corrected chi connectivity index (χ1v) is 11.1. The number of benzene rings is 1. The van der Waals surface area contributed by atoms with Crippen LogP contribution in [0.4, 0.5) is 11.8 Å². The van der Waals surface area contributed by atoms with E-state index in [4.69, 9.17) is 14.7 Å². The minimum atomic E-state index is 0.0642. The average molecular weight is 430 g/mol. The minimum Gasteiger partial charge on any atom is -0.496 e. The van der Waals surface area contributed by atoms with Gasteiger partial charge in [0.25, 0.3) is 0 Å². The first kappa shape index (κ1) is 20.4. The van der Waals surface area contributed by atoms with Crippen LogP contribution in [-0.2, 0) is 6.42 Å². The molecule has 0 amide bonds. The van der Waals surface area contributed by atoms with Gasteiger partial charge in [-0.05, 0) is 37.1 Å². The van der Waals surface area contributed by atoms with Crippen molar-refractivity contribution in [3.05, 3.63) is 71.2 Å². The van der Waals surface area contributed by atoms with E-state index in [-0.39, 0.29) is 11.7 Å². The van der Waals surface area contributed by atoms with Gasteiger partial charge in [-0.15, -0.1) is 0 Å². The summed E-state index contributed by atoms with van der Waals surface area (Å²) in [7, 11) is 1.67. The Bertz CT molecular complexity index is 1130. The highest BCUT2D eigenvalue weighted by atomic mass is 16.5. The smallest absolute Gasteiger partial charge is 0.225 e. The van der Waals surface area contributed by atoms with Gasteiger partial charge in [0.2, 0.25) is 5.95 Å². The number of pyridine rings is 1. The summed E-state index contributed by atoms with van der Waals surface area (Å²) in [4.78, 5) is 31.6. The lowest BCUT2D eigenvalue weighted by atomic mass is 9.81. The van der Waals surface area contributed by atoms with Gasteiger partial charge in [0, 0.05) is 44.7 Å². The molecule has 7 heteroatoms. The molecule has 0 N–H and O–H groups in total. The van der Waals surface area contributed by atoms with Gasteiger partial charge in [-0.25, -0.2) is 15.0 Å². The first-order valence-electron chi connectivity index (χ1n) is 11.1. The Labute approximate surface area is 188 Å². The summed E-state index contributed by atoms with van der Waals surface area (Å²) in [6.45, 7) is 5.28. The van der Waals surface area contributed by atoms with Crippen molar-refractivity contribution in [3.63, 3.8) is 0 Å². The number of carbonyl (C=O) groups is 1. The fourth-order valence-corrected chi connectivity index (χ4v) is 4.80. The lowest BCUT2D eigenvalue weighted by Gasteiger charge is -2.36. The van der Waals surface area contributed by atoms with Gasteiger partial charge in [-0.1, -0.05) is 24.3 Å². The van der Waals surface area contributed by atoms with E-state index in [1.165, 1.54) is 0 Å². The predicted molar refractivity (Wildman–Crippen MR) is 124 cm³/mol. The monoisotopic (exact) mass is 429 g/mol. The highest BCUT2D eigenvalue weighted by Crippen LogP contribution is 2.37. The van der Waals surface area contributed by atoms with Crippen LogP contribution in [0.15, 0.2) is 48.7 Å². The molecule has 1 saturated heterocycles. The highest BCUT2D eigenvalue weighted by Gasteiger charge is 2.32. The number of piperazine rings is 1. The maximum atomic E-state index is 13.0. The van der Waals surface area contributed by atoms with Crippen LogP contribution in [0, 0.1) is 6.92 Å². The van der Waals surface area contributed by atoms with Crippen LogP contribution >= 0.6 is 0 Å². The number of ether oxygens (including phenoxy) is 1. The summed E-state index contributed by atoms with van der Waals surface area (Å²) in [6.07, 6.45) is 3.00. The van der Waals surface area contributed by atoms with Crippen molar-refractivity contribution >= 4 is 17.5 Å². The number of hydrogen-bond acceptors (Lipinski definition) is 7. The largest absolute Gasteiger partial charge is 0.496 e. The van der Waals surface area contributed by atoms with Crippen LogP contribution < -0.4 is 14.5 Å². The molecule has 3 heterocycles. The number of carbonyl (C=O) groups excluding carboxylic acids is 1. The standard InChI is InChI=1S/C25H27N5O2/c1-17-24-20(15-18(16-21(24)31)19-7-3-4-8-22(19)32-2)28-25(27-17)30-13-11-29(12-14-30)23-9-5-6-10-26-23/h3-10,18H,11-16H2,1-2H3/t18-/m0/s1. The van der Waals surface area contributed by atoms with Gasteiger partial charge < -0.3 is 14.5 Å². The van der Waals surface area contributed by atoms with Crippen LogP contribution in [0.1, 0.15) is 39.6 Å². The molecule has 1 aliphatic carbocycles. The average Bonchev–Trinajstić information content (AvgIpc) is 2.84. The quantitative estimate of drug-likeness (QED) is 0.629.